The minimum absolute atomic E-state index is 0.187. The first-order valence-corrected chi connectivity index (χ1v) is 6.28. The van der Waals surface area contributed by atoms with Crippen molar-refractivity contribution in [2.45, 2.75) is 6.92 Å². The van der Waals surface area contributed by atoms with E-state index in [1.54, 1.807) is 30.5 Å². The Balaban J connectivity index is 0.00000112. The Kier molecular flexibility index (Phi) is 9.23. The van der Waals surface area contributed by atoms with Gasteiger partial charge in [0.15, 0.2) is 0 Å². The zero-order valence-corrected chi connectivity index (χ0v) is 12.5. The molecular weight excluding hydrogens is 292 g/mol. The molecule has 0 unspecified atom stereocenters. The molecule has 0 saturated heterocycles. The van der Waals surface area contributed by atoms with Gasteiger partial charge < -0.3 is 11.2 Å². The Hall–Kier alpha value is -3.71. The normalized spacial score (nSPS) is 8.91. The molecule has 23 heavy (non-hydrogen) atoms. The number of benzene rings is 1. The number of nitrogens with one attached hydrogen (secondary N) is 1. The molecule has 0 fully saturated rings. The second kappa shape index (κ2) is 11.0. The average Bonchev–Trinajstić information content (AvgIpc) is 2.61. The maximum atomic E-state index is 11.9. The zero-order chi connectivity index (χ0) is 17.7. The Labute approximate surface area is 134 Å². The van der Waals surface area contributed by atoms with Gasteiger partial charge in [-0.15, -0.1) is 0 Å². The van der Waals surface area contributed by atoms with E-state index in [2.05, 4.69) is 28.5 Å². The quantitative estimate of drug-likeness (QED) is 0.510. The van der Waals surface area contributed by atoms with Crippen molar-refractivity contribution >= 4 is 17.9 Å². The molecule has 7 heteroatoms. The Bertz CT molecular complexity index is 665. The largest absolute Gasteiger partial charge is 0.323 e. The Morgan fingerprint density at radius 2 is 1.78 bits per heavy atom. The number of hydrogen-bond acceptors (Lipinski definition) is 6. The van der Waals surface area contributed by atoms with Crippen LogP contribution >= 0.6 is 0 Å². The summed E-state index contributed by atoms with van der Waals surface area (Å²) in [6.45, 7) is 8.97. The van der Waals surface area contributed by atoms with Gasteiger partial charge >= 0.3 is 0 Å². The van der Waals surface area contributed by atoms with Gasteiger partial charge in [0.05, 0.1) is 6.21 Å². The average molecular weight is 308 g/mol. The minimum Gasteiger partial charge on any atom is -0.323 e. The molecule has 116 valence electrons. The number of nitriles is 2. The number of carbonyl (C=O) groups excluding carboxylic acids is 1. The SMILES string of the molecule is C#N.C#N.Cc1ccc(C(=O)Nc2ccc(C=NN)cn2)cc1. The third kappa shape index (κ3) is 6.52. The lowest BCUT2D eigenvalue weighted by atomic mass is 10.1. The molecule has 7 nitrogen and oxygen atoms in total. The van der Waals surface area contributed by atoms with Crippen LogP contribution in [0.4, 0.5) is 5.82 Å². The van der Waals surface area contributed by atoms with E-state index in [9.17, 15) is 4.79 Å². The van der Waals surface area contributed by atoms with Crippen LogP contribution in [0.2, 0.25) is 0 Å². The molecule has 0 spiro atoms. The van der Waals surface area contributed by atoms with Crippen LogP contribution in [0, 0.1) is 30.6 Å². The first kappa shape index (κ1) is 19.3. The highest BCUT2D eigenvalue weighted by molar-refractivity contribution is 6.03. The highest BCUT2D eigenvalue weighted by Gasteiger charge is 2.05. The second-order valence-electron chi connectivity index (χ2n) is 4.08. The van der Waals surface area contributed by atoms with Gasteiger partial charge in [-0.1, -0.05) is 17.7 Å². The molecule has 0 atom stereocenters. The van der Waals surface area contributed by atoms with Crippen LogP contribution < -0.4 is 11.2 Å². The van der Waals surface area contributed by atoms with Crippen molar-refractivity contribution < 1.29 is 4.79 Å². The number of aromatic nitrogens is 1. The molecule has 1 aromatic heterocycles. The highest BCUT2D eigenvalue weighted by atomic mass is 16.1. The molecule has 1 amide bonds. The smallest absolute Gasteiger partial charge is 0.256 e. The van der Waals surface area contributed by atoms with Gasteiger partial charge in [0.1, 0.15) is 5.82 Å². The Morgan fingerprint density at radius 1 is 1.17 bits per heavy atom. The van der Waals surface area contributed by atoms with Gasteiger partial charge in [-0.05, 0) is 31.2 Å². The fourth-order valence-corrected chi connectivity index (χ4v) is 1.54. The number of amides is 1. The van der Waals surface area contributed by atoms with Crippen LogP contribution in [0.1, 0.15) is 21.5 Å². The van der Waals surface area contributed by atoms with Gasteiger partial charge in [-0.2, -0.15) is 5.10 Å². The third-order valence-electron chi connectivity index (χ3n) is 2.57. The molecule has 2 rings (SSSR count). The number of nitrogens with zero attached hydrogens (tertiary/aromatic N) is 4. The van der Waals surface area contributed by atoms with E-state index in [0.717, 1.165) is 11.1 Å². The van der Waals surface area contributed by atoms with E-state index in [0.29, 0.717) is 11.4 Å². The molecule has 1 heterocycles. The minimum atomic E-state index is -0.187. The van der Waals surface area contributed by atoms with Crippen LogP contribution in [-0.4, -0.2) is 17.1 Å². The monoisotopic (exact) mass is 308 g/mol. The van der Waals surface area contributed by atoms with Crippen molar-refractivity contribution in [1.29, 1.82) is 10.5 Å². The number of carbonyl (C=O) groups is 1. The maximum Gasteiger partial charge on any atom is 0.256 e. The van der Waals surface area contributed by atoms with Crippen LogP contribution in [-0.2, 0) is 0 Å². The van der Waals surface area contributed by atoms with Crippen molar-refractivity contribution in [3.63, 3.8) is 0 Å². The summed E-state index contributed by atoms with van der Waals surface area (Å²) in [5.74, 6) is 5.34. The van der Waals surface area contributed by atoms with E-state index in [-0.39, 0.29) is 5.91 Å². The predicted molar refractivity (Wildman–Crippen MR) is 88.5 cm³/mol. The summed E-state index contributed by atoms with van der Waals surface area (Å²) in [6.07, 6.45) is 3.07. The lowest BCUT2D eigenvalue weighted by molar-refractivity contribution is 0.102. The van der Waals surface area contributed by atoms with Gasteiger partial charge in [-0.3, -0.25) is 4.79 Å². The third-order valence-corrected chi connectivity index (χ3v) is 2.57. The van der Waals surface area contributed by atoms with Crippen LogP contribution in [0.25, 0.3) is 0 Å². The molecule has 0 aliphatic carbocycles. The fraction of sp³-hybridized carbons (Fsp3) is 0.0625. The molecule has 0 aliphatic rings. The van der Waals surface area contributed by atoms with Crippen molar-refractivity contribution in [2.75, 3.05) is 5.32 Å². The molecule has 0 radical (unpaired) electrons. The number of anilines is 1. The maximum absolute atomic E-state index is 11.9. The van der Waals surface area contributed by atoms with Crippen molar-refractivity contribution in [2.24, 2.45) is 10.9 Å². The van der Waals surface area contributed by atoms with Crippen LogP contribution in [0.3, 0.4) is 0 Å². The summed E-state index contributed by atoms with van der Waals surface area (Å²) in [4.78, 5) is 16.0. The van der Waals surface area contributed by atoms with Gasteiger partial charge in [-0.25, -0.2) is 15.5 Å². The van der Waals surface area contributed by atoms with Gasteiger partial charge in [0.2, 0.25) is 0 Å². The van der Waals surface area contributed by atoms with Crippen molar-refractivity contribution in [3.05, 3.63) is 59.3 Å². The van der Waals surface area contributed by atoms with E-state index in [1.165, 1.54) is 6.21 Å². The molecule has 3 N–H and O–H groups in total. The summed E-state index contributed by atoms with van der Waals surface area (Å²) in [5.41, 5.74) is 2.48. The molecule has 2 aromatic rings. The summed E-state index contributed by atoms with van der Waals surface area (Å²) in [6, 6.07) is 10.8. The molecule has 0 saturated carbocycles. The summed E-state index contributed by atoms with van der Waals surface area (Å²) < 4.78 is 0. The molecule has 0 aliphatic heterocycles. The number of aryl methyl sites for hydroxylation is 1. The molecule has 1 aromatic carbocycles. The summed E-state index contributed by atoms with van der Waals surface area (Å²) in [5, 5.41) is 19.1. The van der Waals surface area contributed by atoms with E-state index >= 15 is 0 Å². The van der Waals surface area contributed by atoms with Crippen LogP contribution in [0.5, 0.6) is 0 Å². The van der Waals surface area contributed by atoms with Crippen molar-refractivity contribution in [1.82, 2.24) is 4.98 Å². The van der Waals surface area contributed by atoms with Gasteiger partial charge in [0.25, 0.3) is 5.91 Å². The predicted octanol–water partition coefficient (Wildman–Crippen LogP) is 2.21. The fourth-order valence-electron chi connectivity index (χ4n) is 1.54. The zero-order valence-electron chi connectivity index (χ0n) is 12.5. The molecule has 0 bridgehead atoms. The number of rotatable bonds is 3. The van der Waals surface area contributed by atoms with E-state index < -0.39 is 0 Å². The van der Waals surface area contributed by atoms with Gasteiger partial charge in [0, 0.05) is 30.5 Å². The standard InChI is InChI=1S/C14H14N4O.2CHN/c1-10-2-5-12(6-3-10)14(19)18-13-7-4-11(8-16-13)9-17-15;2*1-2/h2-9H,15H2,1H3,(H,16,18,19);2*1H. The lowest BCUT2D eigenvalue weighted by Crippen LogP contribution is -2.12. The second-order valence-corrected chi connectivity index (χ2v) is 4.08. The van der Waals surface area contributed by atoms with E-state index in [1.807, 2.05) is 19.1 Å². The number of hydrazone groups is 1. The summed E-state index contributed by atoms with van der Waals surface area (Å²) in [7, 11) is 0. The Morgan fingerprint density at radius 3 is 2.26 bits per heavy atom. The number of nitrogens with two attached hydrogens (primary N) is 1. The van der Waals surface area contributed by atoms with Crippen molar-refractivity contribution in [3.8, 4) is 13.1 Å². The molecular formula is C16H16N6O. The topological polar surface area (TPSA) is 128 Å². The van der Waals surface area contributed by atoms with E-state index in [4.69, 9.17) is 16.4 Å². The first-order chi connectivity index (χ1) is 11.2. The lowest BCUT2D eigenvalue weighted by Gasteiger charge is -2.04. The van der Waals surface area contributed by atoms with Crippen LogP contribution in [0.15, 0.2) is 47.7 Å². The first-order valence-electron chi connectivity index (χ1n) is 6.28. The summed E-state index contributed by atoms with van der Waals surface area (Å²) >= 11 is 0. The number of hydrogen-bond donors (Lipinski definition) is 2. The number of pyridine rings is 1. The highest BCUT2D eigenvalue weighted by Crippen LogP contribution is 2.08.